The van der Waals surface area contributed by atoms with Crippen LogP contribution in [0.5, 0.6) is 0 Å². The number of hydrogen-bond acceptors (Lipinski definition) is 5. The predicted octanol–water partition coefficient (Wildman–Crippen LogP) is 1.70. The molecule has 0 aliphatic carbocycles. The van der Waals surface area contributed by atoms with Crippen molar-refractivity contribution in [1.82, 2.24) is 10.6 Å². The molecule has 1 aliphatic rings. The molecular formula is C17H27FN6. The van der Waals surface area contributed by atoms with E-state index in [4.69, 9.17) is 11.5 Å². The topological polar surface area (TPSA) is 101 Å². The third kappa shape index (κ3) is 5.34. The number of hydrogen-bond donors (Lipinski definition) is 4. The molecule has 24 heavy (non-hydrogen) atoms. The number of nitrogens with two attached hydrogens (primary N) is 2. The zero-order valence-corrected chi connectivity index (χ0v) is 14.6. The molecule has 0 saturated heterocycles. The summed E-state index contributed by atoms with van der Waals surface area (Å²) < 4.78 is 13.4. The van der Waals surface area contributed by atoms with Crippen molar-refractivity contribution < 1.29 is 4.39 Å². The molecule has 0 fully saturated rings. The average Bonchev–Trinajstić information content (AvgIpc) is 2.51. The lowest BCUT2D eigenvalue weighted by atomic mass is 9.93. The van der Waals surface area contributed by atoms with Gasteiger partial charge in [-0.1, -0.05) is 18.7 Å². The highest BCUT2D eigenvalue weighted by atomic mass is 19.1. The molecule has 0 bridgehead atoms. The maximum absolute atomic E-state index is 13.4. The summed E-state index contributed by atoms with van der Waals surface area (Å²) in [6.45, 7) is 11.1. The number of nitrogens with one attached hydrogen (secondary N) is 2. The van der Waals surface area contributed by atoms with Gasteiger partial charge in [0.25, 0.3) is 0 Å². The Hall–Kier alpha value is -2.41. The fraction of sp³-hybridized carbons (Fsp3) is 0.412. The van der Waals surface area contributed by atoms with Gasteiger partial charge in [-0.3, -0.25) is 4.99 Å². The SMILES string of the molecule is C=C(N)C(=C/C(C)F)/C(=N\CN)NC1=CN=C(NC)C(C(=C)C)C1. The molecule has 0 radical (unpaired) electrons. The Labute approximate surface area is 143 Å². The normalized spacial score (nSPS) is 20.0. The molecule has 7 heteroatoms. The van der Waals surface area contributed by atoms with Gasteiger partial charge in [-0.25, -0.2) is 9.38 Å². The number of aliphatic imine (C=N–C) groups is 2. The summed E-state index contributed by atoms with van der Waals surface area (Å²) in [6, 6.07) is 0. The summed E-state index contributed by atoms with van der Waals surface area (Å²) in [4.78, 5) is 8.58. The van der Waals surface area contributed by atoms with E-state index in [1.807, 2.05) is 14.0 Å². The monoisotopic (exact) mass is 334 g/mol. The lowest BCUT2D eigenvalue weighted by Crippen LogP contribution is -2.35. The molecule has 6 nitrogen and oxygen atoms in total. The molecule has 0 aromatic carbocycles. The predicted molar refractivity (Wildman–Crippen MR) is 99.1 cm³/mol. The van der Waals surface area contributed by atoms with Crippen molar-refractivity contribution in [2.24, 2.45) is 27.4 Å². The van der Waals surface area contributed by atoms with Crippen molar-refractivity contribution in [1.29, 1.82) is 0 Å². The van der Waals surface area contributed by atoms with E-state index in [0.29, 0.717) is 17.8 Å². The second-order valence-corrected chi connectivity index (χ2v) is 5.62. The number of halogens is 1. The van der Waals surface area contributed by atoms with Crippen LogP contribution < -0.4 is 22.1 Å². The second kappa shape index (κ2) is 9.02. The molecule has 0 saturated carbocycles. The first-order valence-corrected chi connectivity index (χ1v) is 7.72. The van der Waals surface area contributed by atoms with Gasteiger partial charge in [-0.15, -0.1) is 0 Å². The van der Waals surface area contributed by atoms with Gasteiger partial charge in [-0.2, -0.15) is 0 Å². The molecule has 0 aromatic rings. The van der Waals surface area contributed by atoms with Crippen molar-refractivity contribution >= 4 is 11.7 Å². The quantitative estimate of drug-likeness (QED) is 0.257. The van der Waals surface area contributed by atoms with E-state index in [0.717, 1.165) is 17.1 Å². The highest BCUT2D eigenvalue weighted by Crippen LogP contribution is 2.23. The molecule has 1 aliphatic heterocycles. The van der Waals surface area contributed by atoms with Crippen molar-refractivity contribution in [3.8, 4) is 0 Å². The van der Waals surface area contributed by atoms with Gasteiger partial charge in [0.2, 0.25) is 0 Å². The van der Waals surface area contributed by atoms with Crippen LogP contribution in [0.3, 0.4) is 0 Å². The maximum atomic E-state index is 13.4. The van der Waals surface area contributed by atoms with Crippen LogP contribution in [0.15, 0.2) is 58.0 Å². The van der Waals surface area contributed by atoms with Crippen LogP contribution in [0.4, 0.5) is 4.39 Å². The van der Waals surface area contributed by atoms with E-state index >= 15 is 0 Å². The number of amidine groups is 2. The molecule has 2 unspecified atom stereocenters. The number of alkyl halides is 1. The van der Waals surface area contributed by atoms with Crippen LogP contribution in [0.1, 0.15) is 20.3 Å². The second-order valence-electron chi connectivity index (χ2n) is 5.62. The van der Waals surface area contributed by atoms with Crippen LogP contribution in [-0.4, -0.2) is 31.6 Å². The summed E-state index contributed by atoms with van der Waals surface area (Å²) >= 11 is 0. The van der Waals surface area contributed by atoms with E-state index in [2.05, 4.69) is 33.8 Å². The third-order valence-electron chi connectivity index (χ3n) is 3.49. The van der Waals surface area contributed by atoms with Gasteiger partial charge < -0.3 is 22.1 Å². The molecule has 6 N–H and O–H groups in total. The number of allylic oxidation sites excluding steroid dienone is 2. The Balaban J connectivity index is 3.12. The Morgan fingerprint density at radius 2 is 2.25 bits per heavy atom. The maximum Gasteiger partial charge on any atom is 0.135 e. The van der Waals surface area contributed by atoms with Gasteiger partial charge in [-0.05, 0) is 19.9 Å². The van der Waals surface area contributed by atoms with Gasteiger partial charge in [0.05, 0.1) is 6.67 Å². The van der Waals surface area contributed by atoms with Gasteiger partial charge >= 0.3 is 0 Å². The minimum Gasteiger partial charge on any atom is -0.399 e. The first kappa shape index (κ1) is 19.6. The molecule has 132 valence electrons. The zero-order valence-electron chi connectivity index (χ0n) is 14.6. The van der Waals surface area contributed by atoms with Crippen LogP contribution >= 0.6 is 0 Å². The van der Waals surface area contributed by atoms with Gasteiger partial charge in [0.1, 0.15) is 17.8 Å². The largest absolute Gasteiger partial charge is 0.399 e. The molecule has 1 heterocycles. The van der Waals surface area contributed by atoms with Crippen molar-refractivity contribution in [3.63, 3.8) is 0 Å². The Bertz CT molecular complexity index is 613. The van der Waals surface area contributed by atoms with Gasteiger partial charge in [0, 0.05) is 42.6 Å². The van der Waals surface area contributed by atoms with Crippen LogP contribution in [0.25, 0.3) is 0 Å². The summed E-state index contributed by atoms with van der Waals surface area (Å²) in [7, 11) is 1.82. The minimum absolute atomic E-state index is 0.0375. The molecule has 0 aromatic heterocycles. The Kier molecular flexibility index (Phi) is 7.38. The van der Waals surface area contributed by atoms with E-state index in [9.17, 15) is 4.39 Å². The molecule has 1 rings (SSSR count). The van der Waals surface area contributed by atoms with Crippen LogP contribution in [0, 0.1) is 5.92 Å². The lowest BCUT2D eigenvalue weighted by molar-refractivity contribution is 0.429. The van der Waals surface area contributed by atoms with Gasteiger partial charge in [0.15, 0.2) is 0 Å². The molecule has 2 atom stereocenters. The Morgan fingerprint density at radius 1 is 1.58 bits per heavy atom. The summed E-state index contributed by atoms with van der Waals surface area (Å²) in [5, 5.41) is 6.23. The van der Waals surface area contributed by atoms with Crippen molar-refractivity contribution in [3.05, 3.63) is 48.0 Å². The summed E-state index contributed by atoms with van der Waals surface area (Å²) in [5.41, 5.74) is 13.7. The smallest absolute Gasteiger partial charge is 0.135 e. The fourth-order valence-electron chi connectivity index (χ4n) is 2.34. The minimum atomic E-state index is -1.19. The number of rotatable bonds is 6. The Morgan fingerprint density at radius 3 is 2.71 bits per heavy atom. The lowest BCUT2D eigenvalue weighted by Gasteiger charge is -2.25. The standard InChI is InChI=1S/C17H27FN6/c1-10(2)14-7-13(8-22-16(14)21-5)24-17(23-9-19)15(12(4)20)6-11(3)18/h6,8,11,14H,1,4,7,9,19-20H2,2-3,5H3,(H,21,22)(H,23,24)/b15-6-. The number of nitrogens with zero attached hydrogens (tertiary/aromatic N) is 2. The first-order valence-electron chi connectivity index (χ1n) is 7.72. The van der Waals surface area contributed by atoms with E-state index < -0.39 is 6.17 Å². The van der Waals surface area contributed by atoms with E-state index in [-0.39, 0.29) is 18.3 Å². The zero-order chi connectivity index (χ0) is 18.3. The van der Waals surface area contributed by atoms with E-state index in [1.54, 1.807) is 6.20 Å². The molecule has 0 spiro atoms. The summed E-state index contributed by atoms with van der Waals surface area (Å²) in [6.07, 6.45) is 2.52. The summed E-state index contributed by atoms with van der Waals surface area (Å²) in [5.74, 6) is 1.29. The van der Waals surface area contributed by atoms with E-state index in [1.165, 1.54) is 13.0 Å². The highest BCUT2D eigenvalue weighted by Gasteiger charge is 2.22. The molecular weight excluding hydrogens is 307 g/mol. The first-order chi connectivity index (χ1) is 11.3. The average molecular weight is 334 g/mol. The van der Waals surface area contributed by atoms with Crippen LogP contribution in [-0.2, 0) is 0 Å². The third-order valence-corrected chi connectivity index (χ3v) is 3.49. The van der Waals surface area contributed by atoms with Crippen molar-refractivity contribution in [2.45, 2.75) is 26.4 Å². The van der Waals surface area contributed by atoms with Crippen molar-refractivity contribution in [2.75, 3.05) is 13.7 Å². The fourth-order valence-corrected chi connectivity index (χ4v) is 2.34. The van der Waals surface area contributed by atoms with Crippen LogP contribution in [0.2, 0.25) is 0 Å². The molecule has 0 amide bonds. The highest BCUT2D eigenvalue weighted by molar-refractivity contribution is 6.03.